The first-order valence-corrected chi connectivity index (χ1v) is 13.0. The molecular weight excluding hydrogens is 430 g/mol. The van der Waals surface area contributed by atoms with Gasteiger partial charge in [0.05, 0.1) is 0 Å². The van der Waals surface area contributed by atoms with Crippen LogP contribution in [0, 0.1) is 39.4 Å². The van der Waals surface area contributed by atoms with Crippen molar-refractivity contribution in [2.24, 2.45) is 44.4 Å². The Morgan fingerprint density at radius 2 is 1.82 bits per heavy atom. The first kappa shape index (κ1) is 23.7. The van der Waals surface area contributed by atoms with E-state index < -0.39 is 10.8 Å². The van der Waals surface area contributed by atoms with Crippen molar-refractivity contribution in [1.82, 2.24) is 0 Å². The number of ketones is 1. The number of ether oxygens (including phenoxy) is 2. The fraction of sp³-hybridized carbons (Fsp3) is 0.786. The third-order valence-electron chi connectivity index (χ3n) is 10.8. The van der Waals surface area contributed by atoms with Crippen molar-refractivity contribution in [2.75, 3.05) is 6.54 Å². The molecule has 0 aromatic rings. The van der Waals surface area contributed by atoms with Gasteiger partial charge in [-0.3, -0.25) is 14.6 Å². The number of carbonyl (C=O) groups excluding carboxylic acids is 3. The summed E-state index contributed by atoms with van der Waals surface area (Å²) in [6.07, 6.45) is 7.88. The molecule has 5 rings (SSSR count). The first-order chi connectivity index (χ1) is 15.8. The second-order valence-corrected chi connectivity index (χ2v) is 12.8. The predicted octanol–water partition coefficient (Wildman–Crippen LogP) is 4.70. The fourth-order valence-electron chi connectivity index (χ4n) is 9.12. The monoisotopic (exact) mass is 469 g/mol. The highest BCUT2D eigenvalue weighted by atomic mass is 16.5. The lowest BCUT2D eigenvalue weighted by molar-refractivity contribution is -0.211. The quantitative estimate of drug-likeness (QED) is 0.548. The summed E-state index contributed by atoms with van der Waals surface area (Å²) in [5.74, 6) is 0.150. The van der Waals surface area contributed by atoms with Gasteiger partial charge >= 0.3 is 11.9 Å². The summed E-state index contributed by atoms with van der Waals surface area (Å²) in [6, 6.07) is 0. The zero-order valence-corrected chi connectivity index (χ0v) is 21.5. The van der Waals surface area contributed by atoms with Crippen molar-refractivity contribution in [3.05, 3.63) is 11.6 Å². The molecule has 0 N–H and O–H groups in total. The van der Waals surface area contributed by atoms with Crippen molar-refractivity contribution in [3.8, 4) is 0 Å². The number of cyclic esters (lactones) is 1. The van der Waals surface area contributed by atoms with Gasteiger partial charge < -0.3 is 9.47 Å². The summed E-state index contributed by atoms with van der Waals surface area (Å²) in [4.78, 5) is 42.8. The third kappa shape index (κ3) is 3.05. The second kappa shape index (κ2) is 7.51. The van der Waals surface area contributed by atoms with E-state index in [-0.39, 0.29) is 52.7 Å². The van der Waals surface area contributed by atoms with Crippen LogP contribution in [0.15, 0.2) is 16.6 Å². The summed E-state index contributed by atoms with van der Waals surface area (Å²) in [7, 11) is 0. The van der Waals surface area contributed by atoms with Crippen LogP contribution in [-0.2, 0) is 23.9 Å². The number of hydrogen-bond donors (Lipinski definition) is 0. The van der Waals surface area contributed by atoms with Crippen LogP contribution in [0.1, 0.15) is 80.1 Å². The lowest BCUT2D eigenvalue weighted by Crippen LogP contribution is -2.67. The largest absolute Gasteiger partial charge is 0.462 e. The van der Waals surface area contributed by atoms with Crippen LogP contribution in [0.2, 0.25) is 0 Å². The zero-order chi connectivity index (χ0) is 24.7. The Bertz CT molecular complexity index is 997. The Hall–Kier alpha value is -1.98. The van der Waals surface area contributed by atoms with Gasteiger partial charge in [0, 0.05) is 54.3 Å². The van der Waals surface area contributed by atoms with E-state index in [1.165, 1.54) is 6.92 Å². The van der Waals surface area contributed by atoms with Crippen molar-refractivity contribution >= 4 is 23.9 Å². The molecule has 0 spiro atoms. The van der Waals surface area contributed by atoms with Crippen LogP contribution in [0.4, 0.5) is 0 Å². The molecule has 0 radical (unpaired) electrons. The number of esters is 2. The van der Waals surface area contributed by atoms with Gasteiger partial charge in [0.1, 0.15) is 18.0 Å². The SMILES string of the molecule is CC(=O)O[C@@H]1CC2C(C)(C)C(=O)CC[C@]2(C)C2CC[C@]3(C)C(=CC(=O)O[C@H]3C3C=NCC3)[C@@]21C. The molecule has 0 aromatic carbocycles. The highest BCUT2D eigenvalue weighted by Crippen LogP contribution is 2.71. The zero-order valence-electron chi connectivity index (χ0n) is 21.5. The minimum absolute atomic E-state index is 0.0728. The average Bonchev–Trinajstić information content (AvgIpc) is 3.28. The highest BCUT2D eigenvalue weighted by molar-refractivity contribution is 5.86. The lowest BCUT2D eigenvalue weighted by Gasteiger charge is -2.68. The van der Waals surface area contributed by atoms with E-state index >= 15 is 0 Å². The molecule has 186 valence electrons. The van der Waals surface area contributed by atoms with E-state index in [9.17, 15) is 14.4 Å². The lowest BCUT2D eigenvalue weighted by atomic mass is 9.37. The maximum absolute atomic E-state index is 13.0. The predicted molar refractivity (Wildman–Crippen MR) is 128 cm³/mol. The first-order valence-electron chi connectivity index (χ1n) is 13.0. The average molecular weight is 470 g/mol. The Balaban J connectivity index is 1.65. The maximum atomic E-state index is 13.0. The molecular formula is C28H39NO5. The molecule has 34 heavy (non-hydrogen) atoms. The molecule has 5 aliphatic rings. The van der Waals surface area contributed by atoms with Gasteiger partial charge in [-0.05, 0) is 54.9 Å². The third-order valence-corrected chi connectivity index (χ3v) is 10.8. The van der Waals surface area contributed by atoms with Crippen LogP contribution in [0.25, 0.3) is 0 Å². The van der Waals surface area contributed by atoms with Crippen molar-refractivity contribution in [2.45, 2.75) is 92.3 Å². The van der Waals surface area contributed by atoms with E-state index in [2.05, 4.69) is 39.6 Å². The molecule has 3 aliphatic carbocycles. The Morgan fingerprint density at radius 1 is 1.09 bits per heavy atom. The van der Waals surface area contributed by atoms with Gasteiger partial charge in [-0.15, -0.1) is 0 Å². The molecule has 3 unspecified atom stereocenters. The Labute approximate surface area is 202 Å². The topological polar surface area (TPSA) is 82.0 Å². The summed E-state index contributed by atoms with van der Waals surface area (Å²) in [5.41, 5.74) is -0.277. The molecule has 2 aliphatic heterocycles. The van der Waals surface area contributed by atoms with Crippen LogP contribution in [-0.4, -0.2) is 42.7 Å². The second-order valence-electron chi connectivity index (χ2n) is 12.8. The summed E-state index contributed by atoms with van der Waals surface area (Å²) < 4.78 is 12.1. The highest BCUT2D eigenvalue weighted by Gasteiger charge is 2.69. The number of nitrogens with zero attached hydrogens (tertiary/aromatic N) is 1. The standard InChI is InChI=1S/C28H39NO5/c1-16(30)33-22-13-19-25(2,3)21(31)8-11-26(19,4)18-7-10-27(5)20(28(18,22)6)14-23(32)34-24(27)17-9-12-29-15-17/h14-15,17-19,22,24H,7-13H2,1-6H3/t17?,18?,19?,22-,24+,26-,27-,28-/m1/s1. The molecule has 0 aromatic heterocycles. The van der Waals surface area contributed by atoms with Gasteiger partial charge in [-0.25, -0.2) is 4.79 Å². The molecule has 3 fully saturated rings. The van der Waals surface area contributed by atoms with Crippen molar-refractivity contribution in [3.63, 3.8) is 0 Å². The normalized spacial score (nSPS) is 47.1. The smallest absolute Gasteiger partial charge is 0.331 e. The minimum Gasteiger partial charge on any atom is -0.462 e. The van der Waals surface area contributed by atoms with E-state index in [1.807, 2.05) is 6.21 Å². The van der Waals surface area contributed by atoms with Gasteiger partial charge in [-0.1, -0.05) is 34.6 Å². The van der Waals surface area contributed by atoms with Crippen LogP contribution in [0.5, 0.6) is 0 Å². The number of aliphatic imine (C=N–C) groups is 1. The number of hydrogen-bond acceptors (Lipinski definition) is 6. The van der Waals surface area contributed by atoms with Gasteiger partial charge in [-0.2, -0.15) is 0 Å². The molecule has 8 atom stereocenters. The molecule has 2 heterocycles. The van der Waals surface area contributed by atoms with Gasteiger partial charge in [0.25, 0.3) is 0 Å². The van der Waals surface area contributed by atoms with E-state index in [1.54, 1.807) is 6.08 Å². The number of rotatable bonds is 2. The van der Waals surface area contributed by atoms with Gasteiger partial charge in [0.2, 0.25) is 0 Å². The Kier molecular flexibility index (Phi) is 5.24. The van der Waals surface area contributed by atoms with E-state index in [4.69, 9.17) is 9.47 Å². The number of fused-ring (bicyclic) bond motifs is 5. The summed E-state index contributed by atoms with van der Waals surface area (Å²) in [5, 5.41) is 0. The molecule has 3 saturated carbocycles. The maximum Gasteiger partial charge on any atom is 0.331 e. The van der Waals surface area contributed by atoms with E-state index in [0.717, 1.165) is 37.8 Å². The molecule has 6 nitrogen and oxygen atoms in total. The number of Topliss-reactive ketones (excluding diaryl/α,β-unsaturated/α-hetero) is 1. The fourth-order valence-corrected chi connectivity index (χ4v) is 9.12. The van der Waals surface area contributed by atoms with Crippen molar-refractivity contribution in [1.29, 1.82) is 0 Å². The van der Waals surface area contributed by atoms with Crippen LogP contribution in [0.3, 0.4) is 0 Å². The summed E-state index contributed by atoms with van der Waals surface area (Å²) >= 11 is 0. The molecule has 0 bridgehead atoms. The van der Waals surface area contributed by atoms with Gasteiger partial charge in [0.15, 0.2) is 0 Å². The van der Waals surface area contributed by atoms with E-state index in [0.29, 0.717) is 18.6 Å². The molecule has 0 saturated heterocycles. The summed E-state index contributed by atoms with van der Waals surface area (Å²) in [6.45, 7) is 13.2. The number of carbonyl (C=O) groups is 3. The minimum atomic E-state index is -0.492. The van der Waals surface area contributed by atoms with Crippen LogP contribution < -0.4 is 0 Å². The Morgan fingerprint density at radius 3 is 2.47 bits per heavy atom. The van der Waals surface area contributed by atoms with Crippen LogP contribution >= 0.6 is 0 Å². The van der Waals surface area contributed by atoms with Crippen molar-refractivity contribution < 1.29 is 23.9 Å². The molecule has 6 heteroatoms. The molecule has 0 amide bonds.